The molecule has 0 fully saturated rings. The van der Waals surface area contributed by atoms with Gasteiger partial charge in [-0.3, -0.25) is 0 Å². The summed E-state index contributed by atoms with van der Waals surface area (Å²) >= 11 is 2.47. The molecule has 0 heterocycles. The van der Waals surface area contributed by atoms with Crippen molar-refractivity contribution in [1.82, 2.24) is 5.32 Å². The average molecular weight is 269 g/mol. The smallest absolute Gasteiger partial charge is 0.0182 e. The monoisotopic (exact) mass is 269 g/mol. The van der Waals surface area contributed by atoms with E-state index in [1.165, 1.54) is 17.3 Å². The van der Waals surface area contributed by atoms with Gasteiger partial charge in [0, 0.05) is 10.5 Å². The van der Waals surface area contributed by atoms with Gasteiger partial charge in [-0.15, -0.1) is 0 Å². The Kier molecular flexibility index (Phi) is 7.81. The van der Waals surface area contributed by atoms with E-state index < -0.39 is 0 Å². The van der Waals surface area contributed by atoms with Crippen LogP contribution in [-0.2, 0) is 0 Å². The van der Waals surface area contributed by atoms with Crippen LogP contribution in [0.25, 0.3) is 0 Å². The van der Waals surface area contributed by atoms with E-state index in [0.717, 1.165) is 18.5 Å². The Hall–Kier alpha value is 0.690. The molecule has 0 aliphatic carbocycles. The summed E-state index contributed by atoms with van der Waals surface area (Å²) in [5.41, 5.74) is 0. The molecule has 1 N–H and O–H groups in total. The third-order valence-electron chi connectivity index (χ3n) is 2.06. The van der Waals surface area contributed by atoms with Crippen molar-refractivity contribution in [2.75, 3.05) is 11.0 Å². The van der Waals surface area contributed by atoms with Gasteiger partial charge in [-0.25, -0.2) is 0 Å². The minimum atomic E-state index is 0.723. The largest absolute Gasteiger partial charge is 0.313 e. The minimum Gasteiger partial charge on any atom is -0.313 e. The highest BCUT2D eigenvalue weighted by Gasteiger charge is 2.12. The molecule has 0 aliphatic heterocycles. The molecule has 0 aliphatic rings. The molecule has 2 atom stereocenters. The molecular weight excluding hydrogens is 249 g/mol. The number of nitrogens with one attached hydrogen (secondary N) is 1. The molecule has 0 spiro atoms. The summed E-state index contributed by atoms with van der Waals surface area (Å²) in [6.07, 6.45) is 2.65. The first-order chi connectivity index (χ1) is 5.26. The zero-order valence-corrected chi connectivity index (χ0v) is 10.0. The molecule has 2 unspecified atom stereocenters. The lowest BCUT2D eigenvalue weighted by Crippen LogP contribution is -2.36. The van der Waals surface area contributed by atoms with Crippen molar-refractivity contribution in [2.24, 2.45) is 5.92 Å². The van der Waals surface area contributed by atoms with E-state index in [4.69, 9.17) is 0 Å². The quantitative estimate of drug-likeness (QED) is 0.577. The van der Waals surface area contributed by atoms with Crippen LogP contribution in [0.15, 0.2) is 0 Å². The third-order valence-corrected chi connectivity index (χ3v) is 3.01. The molecule has 0 saturated carbocycles. The van der Waals surface area contributed by atoms with Crippen molar-refractivity contribution in [3.8, 4) is 0 Å². The van der Waals surface area contributed by atoms with Crippen molar-refractivity contribution in [1.29, 1.82) is 0 Å². The molecule has 0 amide bonds. The Bertz CT molecular complexity index is 85.6. The van der Waals surface area contributed by atoms with Gasteiger partial charge in [0.05, 0.1) is 0 Å². The fourth-order valence-corrected chi connectivity index (χ4v) is 2.51. The summed E-state index contributed by atoms with van der Waals surface area (Å²) in [4.78, 5) is 0. The Labute approximate surface area is 84.5 Å². The Morgan fingerprint density at radius 1 is 1.36 bits per heavy atom. The molecule has 0 radical (unpaired) electrons. The highest BCUT2D eigenvalue weighted by atomic mass is 127. The summed E-state index contributed by atoms with van der Waals surface area (Å²) in [5, 5.41) is 3.51. The number of hydrogen-bond acceptors (Lipinski definition) is 1. The summed E-state index contributed by atoms with van der Waals surface area (Å²) in [7, 11) is 0. The highest BCUT2D eigenvalue weighted by molar-refractivity contribution is 14.1. The fraction of sp³-hybridized carbons (Fsp3) is 1.00. The van der Waals surface area contributed by atoms with Gasteiger partial charge in [-0.05, 0) is 18.9 Å². The lowest BCUT2D eigenvalue weighted by Gasteiger charge is -2.22. The van der Waals surface area contributed by atoms with E-state index >= 15 is 0 Å². The molecular formula is C9H20IN. The Morgan fingerprint density at radius 3 is 2.36 bits per heavy atom. The zero-order chi connectivity index (χ0) is 8.69. The van der Waals surface area contributed by atoms with Gasteiger partial charge in [-0.2, -0.15) is 0 Å². The van der Waals surface area contributed by atoms with Crippen LogP contribution in [0.3, 0.4) is 0 Å². The maximum absolute atomic E-state index is 3.51. The van der Waals surface area contributed by atoms with Gasteiger partial charge in [0.1, 0.15) is 0 Å². The molecule has 0 aromatic carbocycles. The maximum atomic E-state index is 3.51. The van der Waals surface area contributed by atoms with Crippen molar-refractivity contribution in [3.05, 3.63) is 0 Å². The molecule has 0 rings (SSSR count). The van der Waals surface area contributed by atoms with Gasteiger partial charge >= 0.3 is 0 Å². The lowest BCUT2D eigenvalue weighted by molar-refractivity contribution is 0.391. The molecule has 0 aromatic rings. The van der Waals surface area contributed by atoms with E-state index in [9.17, 15) is 0 Å². The van der Waals surface area contributed by atoms with Crippen molar-refractivity contribution >= 4 is 22.6 Å². The molecule has 11 heavy (non-hydrogen) atoms. The summed E-state index contributed by atoms with van der Waals surface area (Å²) < 4.78 is 1.23. The lowest BCUT2D eigenvalue weighted by atomic mass is 9.98. The predicted molar refractivity (Wildman–Crippen MR) is 60.4 cm³/mol. The second kappa shape index (κ2) is 7.35. The topological polar surface area (TPSA) is 12.0 Å². The van der Waals surface area contributed by atoms with Gasteiger partial charge in [-0.1, -0.05) is 49.8 Å². The molecule has 2 heteroatoms. The van der Waals surface area contributed by atoms with Crippen LogP contribution in [0.5, 0.6) is 0 Å². The van der Waals surface area contributed by atoms with Crippen LogP contribution < -0.4 is 5.32 Å². The van der Waals surface area contributed by atoms with Crippen LogP contribution in [0.2, 0.25) is 0 Å². The van der Waals surface area contributed by atoms with Gasteiger partial charge in [0.2, 0.25) is 0 Å². The molecule has 0 saturated heterocycles. The predicted octanol–water partition coefficient (Wildman–Crippen LogP) is 2.84. The van der Waals surface area contributed by atoms with Crippen molar-refractivity contribution < 1.29 is 0 Å². The molecule has 0 aromatic heterocycles. The zero-order valence-electron chi connectivity index (χ0n) is 7.86. The number of rotatable bonds is 6. The second-order valence-corrected chi connectivity index (χ2v) is 3.97. The number of halogens is 1. The Balaban J connectivity index is 3.61. The van der Waals surface area contributed by atoms with Crippen molar-refractivity contribution in [3.63, 3.8) is 0 Å². The average Bonchev–Trinajstić information content (AvgIpc) is 2.00. The third kappa shape index (κ3) is 5.01. The SMILES string of the molecule is CCCC(C)C(CI)NCC. The summed E-state index contributed by atoms with van der Waals surface area (Å²) in [6.45, 7) is 7.88. The minimum absolute atomic E-state index is 0.723. The normalized spacial score (nSPS) is 16.4. The van der Waals surface area contributed by atoms with Crippen LogP contribution in [0, 0.1) is 5.92 Å². The number of hydrogen-bond donors (Lipinski definition) is 1. The van der Waals surface area contributed by atoms with Gasteiger partial charge in [0.25, 0.3) is 0 Å². The first-order valence-electron chi connectivity index (χ1n) is 4.55. The van der Waals surface area contributed by atoms with Crippen molar-refractivity contribution in [2.45, 2.75) is 39.7 Å². The highest BCUT2D eigenvalue weighted by Crippen LogP contribution is 2.12. The number of alkyl halides is 1. The molecule has 1 nitrogen and oxygen atoms in total. The van der Waals surface area contributed by atoms with Crippen LogP contribution in [-0.4, -0.2) is 17.0 Å². The van der Waals surface area contributed by atoms with E-state index in [-0.39, 0.29) is 0 Å². The van der Waals surface area contributed by atoms with Crippen LogP contribution >= 0.6 is 22.6 Å². The first-order valence-corrected chi connectivity index (χ1v) is 6.08. The first kappa shape index (κ1) is 11.7. The standard InChI is InChI=1S/C9H20IN/c1-4-6-8(3)9(7-10)11-5-2/h8-9,11H,4-7H2,1-3H3. The Morgan fingerprint density at radius 2 is 2.00 bits per heavy atom. The fourth-order valence-electron chi connectivity index (χ4n) is 1.33. The van der Waals surface area contributed by atoms with E-state index in [0.29, 0.717) is 0 Å². The molecule has 68 valence electrons. The second-order valence-electron chi connectivity index (χ2n) is 3.08. The molecule has 0 bridgehead atoms. The summed E-state index contributed by atoms with van der Waals surface area (Å²) in [6, 6.07) is 0.723. The van der Waals surface area contributed by atoms with E-state index in [1.807, 2.05) is 0 Å². The van der Waals surface area contributed by atoms with E-state index in [1.54, 1.807) is 0 Å². The summed E-state index contributed by atoms with van der Waals surface area (Å²) in [5.74, 6) is 0.830. The maximum Gasteiger partial charge on any atom is 0.0182 e. The van der Waals surface area contributed by atoms with Gasteiger partial charge in [0.15, 0.2) is 0 Å². The van der Waals surface area contributed by atoms with Gasteiger partial charge < -0.3 is 5.32 Å². The van der Waals surface area contributed by atoms with E-state index in [2.05, 4.69) is 48.7 Å². The van der Waals surface area contributed by atoms with Crippen LogP contribution in [0.1, 0.15) is 33.6 Å². The van der Waals surface area contributed by atoms with Crippen LogP contribution in [0.4, 0.5) is 0 Å².